The first-order chi connectivity index (χ1) is 6.34. The van der Waals surface area contributed by atoms with E-state index in [-0.39, 0.29) is 0 Å². The number of hydrogen-bond acceptors (Lipinski definition) is 3. The van der Waals surface area contributed by atoms with E-state index in [0.717, 1.165) is 5.92 Å². The Morgan fingerprint density at radius 3 is 2.92 bits per heavy atom. The van der Waals surface area contributed by atoms with E-state index >= 15 is 0 Å². The van der Waals surface area contributed by atoms with Gasteiger partial charge in [-0.3, -0.25) is 0 Å². The van der Waals surface area contributed by atoms with Crippen LogP contribution in [0.3, 0.4) is 0 Å². The fraction of sp³-hybridized carbons (Fsp3) is 0.500. The van der Waals surface area contributed by atoms with Crippen molar-refractivity contribution in [1.29, 1.82) is 0 Å². The van der Waals surface area contributed by atoms with Crippen molar-refractivity contribution in [1.82, 2.24) is 4.98 Å². The lowest BCUT2D eigenvalue weighted by Gasteiger charge is -2.00. The summed E-state index contributed by atoms with van der Waals surface area (Å²) < 4.78 is 0. The standard InChI is InChI=1S/C10H14N2S/c11-10-4-3-9(7-12-10)13-6-5-8-1-2-8/h3-4,7-8H,1-2,5-6H2,(H2,11,12). The summed E-state index contributed by atoms with van der Waals surface area (Å²) in [6.45, 7) is 0. The minimum absolute atomic E-state index is 0.603. The van der Waals surface area contributed by atoms with Gasteiger partial charge in [0.15, 0.2) is 0 Å². The van der Waals surface area contributed by atoms with Gasteiger partial charge in [0.25, 0.3) is 0 Å². The zero-order chi connectivity index (χ0) is 9.10. The second-order valence-corrected chi connectivity index (χ2v) is 4.67. The van der Waals surface area contributed by atoms with E-state index in [0.29, 0.717) is 5.82 Å². The van der Waals surface area contributed by atoms with E-state index in [2.05, 4.69) is 4.98 Å². The van der Waals surface area contributed by atoms with Gasteiger partial charge < -0.3 is 5.73 Å². The van der Waals surface area contributed by atoms with Crippen LogP contribution < -0.4 is 5.73 Å². The number of aromatic nitrogens is 1. The van der Waals surface area contributed by atoms with Crippen molar-refractivity contribution >= 4 is 17.6 Å². The molecule has 1 fully saturated rings. The third kappa shape index (κ3) is 2.92. The molecule has 1 aromatic rings. The van der Waals surface area contributed by atoms with Gasteiger partial charge >= 0.3 is 0 Å². The molecule has 2 nitrogen and oxygen atoms in total. The van der Waals surface area contributed by atoms with Gasteiger partial charge in [-0.15, -0.1) is 11.8 Å². The highest BCUT2D eigenvalue weighted by Crippen LogP contribution is 2.34. The molecule has 1 aliphatic rings. The summed E-state index contributed by atoms with van der Waals surface area (Å²) in [4.78, 5) is 5.28. The average Bonchev–Trinajstić information content (AvgIpc) is 2.92. The van der Waals surface area contributed by atoms with Crippen LogP contribution in [-0.4, -0.2) is 10.7 Å². The fourth-order valence-corrected chi connectivity index (χ4v) is 2.21. The van der Waals surface area contributed by atoms with E-state index in [1.165, 1.54) is 29.9 Å². The number of nitrogen functional groups attached to an aromatic ring is 1. The summed E-state index contributed by atoms with van der Waals surface area (Å²) in [5, 5.41) is 0. The van der Waals surface area contributed by atoms with Crippen LogP contribution in [-0.2, 0) is 0 Å². The molecule has 0 radical (unpaired) electrons. The van der Waals surface area contributed by atoms with Crippen LogP contribution in [0.1, 0.15) is 19.3 Å². The zero-order valence-electron chi connectivity index (χ0n) is 7.57. The lowest BCUT2D eigenvalue weighted by atomic mass is 10.3. The van der Waals surface area contributed by atoms with Crippen molar-refractivity contribution in [2.24, 2.45) is 5.92 Å². The van der Waals surface area contributed by atoms with Crippen LogP contribution in [0, 0.1) is 5.92 Å². The molecule has 2 rings (SSSR count). The Morgan fingerprint density at radius 1 is 1.46 bits per heavy atom. The number of pyridine rings is 1. The van der Waals surface area contributed by atoms with Gasteiger partial charge in [-0.05, 0) is 30.2 Å². The Labute approximate surface area is 82.9 Å². The van der Waals surface area contributed by atoms with Crippen LogP contribution in [0.2, 0.25) is 0 Å². The van der Waals surface area contributed by atoms with Crippen LogP contribution >= 0.6 is 11.8 Å². The maximum atomic E-state index is 5.49. The van der Waals surface area contributed by atoms with Crippen LogP contribution in [0.4, 0.5) is 5.82 Å². The highest BCUT2D eigenvalue weighted by atomic mass is 32.2. The highest BCUT2D eigenvalue weighted by Gasteiger charge is 2.20. The molecular weight excluding hydrogens is 180 g/mol. The van der Waals surface area contributed by atoms with Gasteiger partial charge in [0.05, 0.1) is 0 Å². The maximum absolute atomic E-state index is 5.49. The first-order valence-electron chi connectivity index (χ1n) is 4.69. The Bertz CT molecular complexity index is 267. The van der Waals surface area contributed by atoms with Crippen LogP contribution in [0.15, 0.2) is 23.2 Å². The maximum Gasteiger partial charge on any atom is 0.123 e. The topological polar surface area (TPSA) is 38.9 Å². The molecule has 70 valence electrons. The molecule has 1 saturated carbocycles. The van der Waals surface area contributed by atoms with Gasteiger partial charge in [0.2, 0.25) is 0 Å². The molecule has 0 aliphatic heterocycles. The zero-order valence-corrected chi connectivity index (χ0v) is 8.39. The molecule has 0 bridgehead atoms. The molecule has 0 spiro atoms. The molecule has 1 aliphatic carbocycles. The Balaban J connectivity index is 1.76. The molecule has 3 heteroatoms. The van der Waals surface area contributed by atoms with Gasteiger partial charge in [-0.2, -0.15) is 0 Å². The Hall–Kier alpha value is -0.700. The summed E-state index contributed by atoms with van der Waals surface area (Å²) in [7, 11) is 0. The predicted molar refractivity (Wildman–Crippen MR) is 56.7 cm³/mol. The van der Waals surface area contributed by atoms with Gasteiger partial charge in [-0.1, -0.05) is 12.8 Å². The molecule has 1 heterocycles. The smallest absolute Gasteiger partial charge is 0.123 e. The number of rotatable bonds is 4. The number of hydrogen-bond donors (Lipinski definition) is 1. The Morgan fingerprint density at radius 2 is 2.31 bits per heavy atom. The van der Waals surface area contributed by atoms with Gasteiger partial charge in [0, 0.05) is 11.1 Å². The van der Waals surface area contributed by atoms with Crippen molar-refractivity contribution in [3.8, 4) is 0 Å². The molecule has 0 unspecified atom stereocenters. The summed E-state index contributed by atoms with van der Waals surface area (Å²) in [5.41, 5.74) is 5.49. The highest BCUT2D eigenvalue weighted by molar-refractivity contribution is 7.99. The van der Waals surface area contributed by atoms with E-state index in [1.807, 2.05) is 30.1 Å². The third-order valence-corrected chi connectivity index (χ3v) is 3.27. The van der Waals surface area contributed by atoms with Crippen molar-refractivity contribution < 1.29 is 0 Å². The molecule has 0 saturated heterocycles. The van der Waals surface area contributed by atoms with Crippen molar-refractivity contribution in [3.63, 3.8) is 0 Å². The van der Waals surface area contributed by atoms with E-state index in [1.54, 1.807) is 0 Å². The van der Waals surface area contributed by atoms with Gasteiger partial charge in [-0.25, -0.2) is 4.98 Å². The van der Waals surface area contributed by atoms with Crippen molar-refractivity contribution in [2.45, 2.75) is 24.2 Å². The van der Waals surface area contributed by atoms with E-state index in [4.69, 9.17) is 5.73 Å². The first kappa shape index (κ1) is 8.88. The average molecular weight is 194 g/mol. The molecule has 1 aromatic heterocycles. The summed E-state index contributed by atoms with van der Waals surface area (Å²) in [6.07, 6.45) is 6.10. The Kier molecular flexibility index (Phi) is 2.74. The predicted octanol–water partition coefficient (Wildman–Crippen LogP) is 2.56. The van der Waals surface area contributed by atoms with Crippen LogP contribution in [0.5, 0.6) is 0 Å². The minimum Gasteiger partial charge on any atom is -0.384 e. The molecule has 0 aromatic carbocycles. The summed E-state index contributed by atoms with van der Waals surface area (Å²) in [6, 6.07) is 3.90. The fourth-order valence-electron chi connectivity index (χ4n) is 1.23. The lowest BCUT2D eigenvalue weighted by molar-refractivity contribution is 0.809. The number of thioether (sulfide) groups is 1. The first-order valence-corrected chi connectivity index (χ1v) is 5.67. The minimum atomic E-state index is 0.603. The number of anilines is 1. The van der Waals surface area contributed by atoms with E-state index < -0.39 is 0 Å². The molecule has 2 N–H and O–H groups in total. The second-order valence-electron chi connectivity index (χ2n) is 3.50. The molecule has 0 atom stereocenters. The lowest BCUT2D eigenvalue weighted by Crippen LogP contribution is -1.88. The molecule has 0 amide bonds. The second kappa shape index (κ2) is 4.01. The summed E-state index contributed by atoms with van der Waals surface area (Å²) >= 11 is 1.88. The van der Waals surface area contributed by atoms with Gasteiger partial charge in [0.1, 0.15) is 5.82 Å². The third-order valence-electron chi connectivity index (χ3n) is 2.25. The normalized spacial score (nSPS) is 16.0. The molecular formula is C10H14N2S. The summed E-state index contributed by atoms with van der Waals surface area (Å²) in [5.74, 6) is 2.84. The number of nitrogens with two attached hydrogens (primary N) is 1. The molecule has 13 heavy (non-hydrogen) atoms. The number of nitrogens with zero attached hydrogens (tertiary/aromatic N) is 1. The largest absolute Gasteiger partial charge is 0.384 e. The SMILES string of the molecule is Nc1ccc(SCCC2CC2)cn1. The quantitative estimate of drug-likeness (QED) is 0.749. The monoisotopic (exact) mass is 194 g/mol. The van der Waals surface area contributed by atoms with Crippen molar-refractivity contribution in [3.05, 3.63) is 18.3 Å². The van der Waals surface area contributed by atoms with Crippen LogP contribution in [0.25, 0.3) is 0 Å². The van der Waals surface area contributed by atoms with E-state index in [9.17, 15) is 0 Å². The van der Waals surface area contributed by atoms with Crippen molar-refractivity contribution in [2.75, 3.05) is 11.5 Å².